The lowest BCUT2D eigenvalue weighted by atomic mass is 9.87. The Balaban J connectivity index is 0.000000648. The molecular formula is C31H44N4O4. The van der Waals surface area contributed by atoms with E-state index in [1.807, 2.05) is 27.7 Å². The molecule has 2 aliphatic heterocycles. The molecule has 0 bridgehead atoms. The number of ether oxygens (including phenoxy) is 1. The van der Waals surface area contributed by atoms with Gasteiger partial charge in [-0.1, -0.05) is 6.07 Å². The fourth-order valence-electron chi connectivity index (χ4n) is 5.34. The van der Waals surface area contributed by atoms with Gasteiger partial charge in [-0.05, 0) is 113 Å². The summed E-state index contributed by atoms with van der Waals surface area (Å²) in [5, 5.41) is 12.4. The van der Waals surface area contributed by atoms with Gasteiger partial charge in [-0.3, -0.25) is 9.80 Å². The number of hydrogen-bond donors (Lipinski definition) is 3. The van der Waals surface area contributed by atoms with Gasteiger partial charge in [-0.15, -0.1) is 0 Å². The molecule has 39 heavy (non-hydrogen) atoms. The normalized spacial score (nSPS) is 18.9. The molecule has 5 rings (SSSR count). The van der Waals surface area contributed by atoms with E-state index in [9.17, 15) is 9.59 Å². The van der Waals surface area contributed by atoms with Crippen molar-refractivity contribution in [2.24, 2.45) is 5.73 Å². The molecule has 3 aliphatic rings. The van der Waals surface area contributed by atoms with Gasteiger partial charge in [0.15, 0.2) is 0 Å². The van der Waals surface area contributed by atoms with Crippen LogP contribution in [-0.2, 0) is 6.54 Å². The van der Waals surface area contributed by atoms with Gasteiger partial charge in [0, 0.05) is 30.9 Å². The number of nitrogens with zero attached hydrogens (tertiary/aromatic N) is 2. The van der Waals surface area contributed by atoms with Crippen molar-refractivity contribution in [1.29, 1.82) is 0 Å². The summed E-state index contributed by atoms with van der Waals surface area (Å²) in [6.07, 6.45) is 4.34. The fraction of sp³-hybridized carbons (Fsp3) is 0.548. The quantitative estimate of drug-likeness (QED) is 0.445. The molecule has 2 saturated heterocycles. The zero-order valence-corrected chi connectivity index (χ0v) is 24.0. The lowest BCUT2D eigenvalue weighted by Gasteiger charge is -2.39. The number of carboxylic acids is 1. The Morgan fingerprint density at radius 3 is 2.31 bits per heavy atom. The number of benzene rings is 2. The highest BCUT2D eigenvalue weighted by Crippen LogP contribution is 2.44. The Bertz CT molecular complexity index is 1170. The second kappa shape index (κ2) is 11.6. The fourth-order valence-corrected chi connectivity index (χ4v) is 5.34. The van der Waals surface area contributed by atoms with Crippen molar-refractivity contribution < 1.29 is 19.4 Å². The lowest BCUT2D eigenvalue weighted by molar-refractivity contribution is 0.0697. The summed E-state index contributed by atoms with van der Waals surface area (Å²) in [6.45, 7) is 14.1. The highest BCUT2D eigenvalue weighted by Gasteiger charge is 2.45. The first kappa shape index (κ1) is 28.9. The van der Waals surface area contributed by atoms with Gasteiger partial charge >= 0.3 is 12.0 Å². The molecule has 212 valence electrons. The topological polar surface area (TPSA) is 108 Å². The van der Waals surface area contributed by atoms with E-state index >= 15 is 0 Å². The molecule has 2 aromatic carbocycles. The predicted octanol–water partition coefficient (Wildman–Crippen LogP) is 5.28. The first-order valence-electron chi connectivity index (χ1n) is 14.1. The van der Waals surface area contributed by atoms with Gasteiger partial charge < -0.3 is 20.9 Å². The van der Waals surface area contributed by atoms with Crippen LogP contribution in [0, 0.1) is 6.92 Å². The molecule has 2 heterocycles. The number of aromatic carboxylic acids is 1. The van der Waals surface area contributed by atoms with E-state index in [0.29, 0.717) is 19.1 Å². The first-order valence-corrected chi connectivity index (χ1v) is 14.1. The molecule has 8 heteroatoms. The number of carboxylic acid groups (broad SMARTS) is 1. The van der Waals surface area contributed by atoms with Gasteiger partial charge in [0.1, 0.15) is 5.75 Å². The smallest absolute Gasteiger partial charge is 0.335 e. The average Bonchev–Trinajstić information content (AvgIpc) is 3.65. The molecule has 1 saturated carbocycles. The predicted molar refractivity (Wildman–Crippen MR) is 155 cm³/mol. The number of rotatable bonds is 7. The van der Waals surface area contributed by atoms with Crippen molar-refractivity contribution in [1.82, 2.24) is 10.2 Å². The minimum atomic E-state index is -0.965. The largest absolute Gasteiger partial charge is 0.494 e. The van der Waals surface area contributed by atoms with Crippen molar-refractivity contribution in [2.45, 2.75) is 83.8 Å². The summed E-state index contributed by atoms with van der Waals surface area (Å²) in [5.74, 6) is 0.715. The third kappa shape index (κ3) is 7.51. The molecule has 0 unspecified atom stereocenters. The summed E-state index contributed by atoms with van der Waals surface area (Å²) in [7, 11) is 0. The number of urea groups is 1. The molecule has 0 radical (unpaired) electrons. The number of nitrogens with two attached hydrogens (primary N) is 1. The van der Waals surface area contributed by atoms with Crippen molar-refractivity contribution in [2.75, 3.05) is 31.1 Å². The van der Waals surface area contributed by atoms with E-state index in [4.69, 9.17) is 15.6 Å². The standard InChI is InChI=1S/C27H33N3O4.C4H11N/c1-3-34-24-15-21(23(14-18(24)2)19-4-5-19)16-29-12-10-27(11-13-29)17-30(26(33)28-27)22-8-6-20(7-9-22)25(31)32;1-4(2,3)5/h6-9,14-15,19H,3-5,10-13,16-17H2,1-2H3,(H,28,33)(H,31,32);5H2,1-3H3. The molecule has 0 atom stereocenters. The Kier molecular flexibility index (Phi) is 8.57. The average molecular weight is 537 g/mol. The zero-order valence-electron chi connectivity index (χ0n) is 24.0. The molecule has 8 nitrogen and oxygen atoms in total. The van der Waals surface area contributed by atoms with Crippen molar-refractivity contribution in [3.05, 3.63) is 58.7 Å². The number of carbonyl (C=O) groups excluding carboxylic acids is 1. The van der Waals surface area contributed by atoms with Crippen LogP contribution in [0.15, 0.2) is 36.4 Å². The summed E-state index contributed by atoms with van der Waals surface area (Å²) in [5.41, 5.74) is 10.2. The summed E-state index contributed by atoms with van der Waals surface area (Å²) >= 11 is 0. The summed E-state index contributed by atoms with van der Waals surface area (Å²) < 4.78 is 5.88. The molecule has 1 aliphatic carbocycles. The molecule has 3 fully saturated rings. The third-order valence-electron chi connectivity index (χ3n) is 7.46. The minimum Gasteiger partial charge on any atom is -0.494 e. The second-order valence-corrected chi connectivity index (χ2v) is 12.3. The Hall–Kier alpha value is -3.10. The van der Waals surface area contributed by atoms with Crippen molar-refractivity contribution in [3.8, 4) is 5.75 Å². The van der Waals surface area contributed by atoms with Crippen LogP contribution in [0.2, 0.25) is 0 Å². The van der Waals surface area contributed by atoms with Crippen molar-refractivity contribution in [3.63, 3.8) is 0 Å². The van der Waals surface area contributed by atoms with Crippen LogP contribution in [-0.4, -0.2) is 59.3 Å². The summed E-state index contributed by atoms with van der Waals surface area (Å²) in [6, 6.07) is 11.0. The van der Waals surface area contributed by atoms with E-state index in [0.717, 1.165) is 43.9 Å². The van der Waals surface area contributed by atoms with E-state index in [1.165, 1.54) is 29.5 Å². The van der Waals surface area contributed by atoms with Crippen LogP contribution in [0.4, 0.5) is 10.5 Å². The SMILES string of the molecule is CC(C)(C)N.CCOc1cc(CN2CCC3(CC2)CN(c2ccc(C(=O)O)cc2)C(=O)N3)c(C2CC2)cc1C. The van der Waals surface area contributed by atoms with Crippen LogP contribution in [0.3, 0.4) is 0 Å². The maximum Gasteiger partial charge on any atom is 0.335 e. The second-order valence-electron chi connectivity index (χ2n) is 12.3. The maximum absolute atomic E-state index is 12.8. The van der Waals surface area contributed by atoms with Gasteiger partial charge in [0.05, 0.1) is 24.3 Å². The van der Waals surface area contributed by atoms with Crippen LogP contribution in [0.1, 0.15) is 86.3 Å². The van der Waals surface area contributed by atoms with Crippen LogP contribution in [0.25, 0.3) is 0 Å². The number of likely N-dealkylation sites (tertiary alicyclic amines) is 1. The highest BCUT2D eigenvalue weighted by molar-refractivity contribution is 5.96. The highest BCUT2D eigenvalue weighted by atomic mass is 16.5. The van der Waals surface area contributed by atoms with Crippen LogP contribution < -0.4 is 20.7 Å². The molecule has 2 amide bonds. The molecule has 1 spiro atoms. The van der Waals surface area contributed by atoms with Gasteiger partial charge in [-0.25, -0.2) is 9.59 Å². The molecule has 2 aromatic rings. The van der Waals surface area contributed by atoms with Crippen LogP contribution >= 0.6 is 0 Å². The molecular weight excluding hydrogens is 492 g/mol. The van der Waals surface area contributed by atoms with E-state index in [1.54, 1.807) is 29.2 Å². The van der Waals surface area contributed by atoms with Gasteiger partial charge in [0.2, 0.25) is 0 Å². The number of amides is 2. The molecule has 0 aromatic heterocycles. The number of carbonyl (C=O) groups is 2. The zero-order chi connectivity index (χ0) is 28.4. The number of nitrogens with one attached hydrogen (secondary N) is 1. The van der Waals surface area contributed by atoms with E-state index in [-0.39, 0.29) is 22.7 Å². The number of hydrogen-bond acceptors (Lipinski definition) is 5. The monoisotopic (exact) mass is 536 g/mol. The molecule has 4 N–H and O–H groups in total. The van der Waals surface area contributed by atoms with E-state index < -0.39 is 5.97 Å². The Morgan fingerprint density at radius 2 is 1.77 bits per heavy atom. The third-order valence-corrected chi connectivity index (χ3v) is 7.46. The number of aryl methyl sites for hydroxylation is 1. The number of anilines is 1. The van der Waals surface area contributed by atoms with Gasteiger partial charge in [-0.2, -0.15) is 0 Å². The lowest BCUT2D eigenvalue weighted by Crippen LogP contribution is -2.52. The summed E-state index contributed by atoms with van der Waals surface area (Å²) in [4.78, 5) is 28.1. The Morgan fingerprint density at radius 1 is 1.15 bits per heavy atom. The number of piperidine rings is 1. The van der Waals surface area contributed by atoms with Crippen LogP contribution in [0.5, 0.6) is 5.75 Å². The van der Waals surface area contributed by atoms with Gasteiger partial charge in [0.25, 0.3) is 0 Å². The van der Waals surface area contributed by atoms with E-state index in [2.05, 4.69) is 29.3 Å². The minimum absolute atomic E-state index is 0. The first-order chi connectivity index (χ1) is 18.4. The Labute approximate surface area is 232 Å². The maximum atomic E-state index is 12.8. The van der Waals surface area contributed by atoms with Crippen molar-refractivity contribution >= 4 is 17.7 Å².